The highest BCUT2D eigenvalue weighted by molar-refractivity contribution is 5.28. The van der Waals surface area contributed by atoms with E-state index in [0.717, 1.165) is 25.7 Å². The van der Waals surface area contributed by atoms with Gasteiger partial charge < -0.3 is 11.5 Å². The van der Waals surface area contributed by atoms with Crippen molar-refractivity contribution in [2.24, 2.45) is 17.4 Å². The molecule has 0 spiro atoms. The van der Waals surface area contributed by atoms with Gasteiger partial charge in [0, 0.05) is 11.6 Å². The third-order valence-corrected chi connectivity index (χ3v) is 4.72. The number of nitrogens with two attached hydrogens (primary N) is 2. The average Bonchev–Trinajstić information content (AvgIpc) is 3.15. The summed E-state index contributed by atoms with van der Waals surface area (Å²) >= 11 is 0. The van der Waals surface area contributed by atoms with Crippen LogP contribution in [0.25, 0.3) is 0 Å². The smallest absolute Gasteiger partial charge is 0.0190 e. The fourth-order valence-electron chi connectivity index (χ4n) is 3.45. The summed E-state index contributed by atoms with van der Waals surface area (Å²) in [6.07, 6.45) is 5.71. The third-order valence-electron chi connectivity index (χ3n) is 4.72. The summed E-state index contributed by atoms with van der Waals surface area (Å²) in [5, 5.41) is 0. The molecule has 1 aromatic rings. The second-order valence-corrected chi connectivity index (χ2v) is 5.93. The standard InChI is InChI=1S/C15H22N2/c16-12-6-8-15(17,9-7-12)14-10-13(14)11-4-2-1-3-5-11/h1-5,12-14H,6-10,16-17H2. The molecule has 4 N–H and O–H groups in total. The van der Waals surface area contributed by atoms with Gasteiger partial charge >= 0.3 is 0 Å². The number of hydrogen-bond acceptors (Lipinski definition) is 2. The maximum absolute atomic E-state index is 6.60. The molecule has 2 aliphatic carbocycles. The molecule has 1 aromatic carbocycles. The monoisotopic (exact) mass is 230 g/mol. The van der Waals surface area contributed by atoms with Crippen molar-refractivity contribution in [2.45, 2.75) is 49.6 Å². The normalized spacial score (nSPS) is 41.2. The van der Waals surface area contributed by atoms with Crippen LogP contribution in [-0.4, -0.2) is 11.6 Å². The zero-order valence-corrected chi connectivity index (χ0v) is 10.3. The Morgan fingerprint density at radius 1 is 1.06 bits per heavy atom. The lowest BCUT2D eigenvalue weighted by Crippen LogP contribution is -2.48. The quantitative estimate of drug-likeness (QED) is 0.819. The van der Waals surface area contributed by atoms with Gasteiger partial charge in [-0.25, -0.2) is 0 Å². The van der Waals surface area contributed by atoms with Crippen molar-refractivity contribution in [1.29, 1.82) is 0 Å². The van der Waals surface area contributed by atoms with E-state index in [-0.39, 0.29) is 5.54 Å². The molecular formula is C15H22N2. The Bertz CT molecular complexity index is 379. The largest absolute Gasteiger partial charge is 0.328 e. The average molecular weight is 230 g/mol. The van der Waals surface area contributed by atoms with Gasteiger partial charge in [0.2, 0.25) is 0 Å². The zero-order valence-electron chi connectivity index (χ0n) is 10.3. The van der Waals surface area contributed by atoms with Crippen molar-refractivity contribution in [3.63, 3.8) is 0 Å². The lowest BCUT2D eigenvalue weighted by Gasteiger charge is -2.36. The summed E-state index contributed by atoms with van der Waals surface area (Å²) < 4.78 is 0. The van der Waals surface area contributed by atoms with Crippen molar-refractivity contribution >= 4 is 0 Å². The second-order valence-electron chi connectivity index (χ2n) is 5.93. The van der Waals surface area contributed by atoms with E-state index in [2.05, 4.69) is 30.3 Å². The van der Waals surface area contributed by atoms with E-state index >= 15 is 0 Å². The van der Waals surface area contributed by atoms with E-state index in [1.54, 1.807) is 0 Å². The molecule has 17 heavy (non-hydrogen) atoms. The number of rotatable bonds is 2. The van der Waals surface area contributed by atoms with Crippen LogP contribution in [0.15, 0.2) is 30.3 Å². The maximum Gasteiger partial charge on any atom is 0.0190 e. The van der Waals surface area contributed by atoms with Crippen molar-refractivity contribution in [1.82, 2.24) is 0 Å². The van der Waals surface area contributed by atoms with Gasteiger partial charge in [-0.05, 0) is 49.5 Å². The highest BCUT2D eigenvalue weighted by atomic mass is 14.8. The minimum Gasteiger partial charge on any atom is -0.328 e. The predicted octanol–water partition coefficient (Wildman–Crippen LogP) is 2.39. The minimum atomic E-state index is 0.0659. The topological polar surface area (TPSA) is 52.0 Å². The second kappa shape index (κ2) is 4.11. The Hall–Kier alpha value is -0.860. The van der Waals surface area contributed by atoms with Gasteiger partial charge in [-0.3, -0.25) is 0 Å². The summed E-state index contributed by atoms with van der Waals surface area (Å²) in [4.78, 5) is 0. The first kappa shape index (κ1) is 11.2. The first-order chi connectivity index (χ1) is 8.19. The first-order valence-corrected chi connectivity index (χ1v) is 6.78. The molecule has 0 bridgehead atoms. The predicted molar refractivity (Wildman–Crippen MR) is 70.7 cm³/mol. The van der Waals surface area contributed by atoms with Gasteiger partial charge in [0.05, 0.1) is 0 Å². The molecule has 2 atom stereocenters. The summed E-state index contributed by atoms with van der Waals surface area (Å²) in [5.74, 6) is 1.40. The first-order valence-electron chi connectivity index (χ1n) is 6.78. The summed E-state index contributed by atoms with van der Waals surface area (Å²) in [7, 11) is 0. The van der Waals surface area contributed by atoms with Crippen LogP contribution in [0, 0.1) is 5.92 Å². The Kier molecular flexibility index (Phi) is 2.72. The Morgan fingerprint density at radius 2 is 1.71 bits per heavy atom. The van der Waals surface area contributed by atoms with Crippen molar-refractivity contribution < 1.29 is 0 Å². The van der Waals surface area contributed by atoms with Gasteiger partial charge in [0.1, 0.15) is 0 Å². The van der Waals surface area contributed by atoms with E-state index < -0.39 is 0 Å². The molecule has 2 heteroatoms. The minimum absolute atomic E-state index is 0.0659. The van der Waals surface area contributed by atoms with Gasteiger partial charge in [-0.2, -0.15) is 0 Å². The van der Waals surface area contributed by atoms with Crippen LogP contribution in [0.2, 0.25) is 0 Å². The molecule has 0 saturated heterocycles. The summed E-state index contributed by atoms with van der Waals surface area (Å²) in [6, 6.07) is 11.2. The summed E-state index contributed by atoms with van der Waals surface area (Å²) in [6.45, 7) is 0. The van der Waals surface area contributed by atoms with Crippen LogP contribution in [0.3, 0.4) is 0 Å². The molecule has 2 aliphatic rings. The van der Waals surface area contributed by atoms with Gasteiger partial charge in [-0.15, -0.1) is 0 Å². The number of benzene rings is 1. The molecule has 2 fully saturated rings. The van der Waals surface area contributed by atoms with E-state index in [4.69, 9.17) is 11.5 Å². The number of hydrogen-bond donors (Lipinski definition) is 2. The fourth-order valence-corrected chi connectivity index (χ4v) is 3.45. The van der Waals surface area contributed by atoms with Crippen LogP contribution in [0.1, 0.15) is 43.6 Å². The molecule has 2 saturated carbocycles. The van der Waals surface area contributed by atoms with Crippen molar-refractivity contribution in [3.05, 3.63) is 35.9 Å². The van der Waals surface area contributed by atoms with Crippen LogP contribution >= 0.6 is 0 Å². The molecule has 0 heterocycles. The molecule has 3 rings (SSSR count). The van der Waals surface area contributed by atoms with Crippen molar-refractivity contribution in [3.8, 4) is 0 Å². The highest BCUT2D eigenvalue weighted by Gasteiger charge is 2.51. The van der Waals surface area contributed by atoms with E-state index in [9.17, 15) is 0 Å². The maximum atomic E-state index is 6.60. The highest BCUT2D eigenvalue weighted by Crippen LogP contribution is 2.56. The molecule has 2 nitrogen and oxygen atoms in total. The molecular weight excluding hydrogens is 208 g/mol. The Labute approximate surface area is 103 Å². The Balaban J connectivity index is 1.68. The molecule has 0 aromatic heterocycles. The molecule has 0 aliphatic heterocycles. The Morgan fingerprint density at radius 3 is 2.35 bits per heavy atom. The molecule has 0 amide bonds. The van der Waals surface area contributed by atoms with Gasteiger partial charge in [0.25, 0.3) is 0 Å². The zero-order chi connectivity index (χ0) is 11.9. The van der Waals surface area contributed by atoms with Crippen LogP contribution in [0.4, 0.5) is 0 Å². The van der Waals surface area contributed by atoms with Crippen LogP contribution in [-0.2, 0) is 0 Å². The third kappa shape index (κ3) is 2.12. The SMILES string of the molecule is NC1CCC(N)(C2CC2c2ccccc2)CC1. The van der Waals surface area contributed by atoms with Crippen LogP contribution in [0.5, 0.6) is 0 Å². The van der Waals surface area contributed by atoms with Gasteiger partial charge in [0.15, 0.2) is 0 Å². The fraction of sp³-hybridized carbons (Fsp3) is 0.600. The van der Waals surface area contributed by atoms with E-state index in [1.807, 2.05) is 0 Å². The molecule has 2 unspecified atom stereocenters. The van der Waals surface area contributed by atoms with E-state index in [0.29, 0.717) is 17.9 Å². The summed E-state index contributed by atoms with van der Waals surface area (Å²) in [5.41, 5.74) is 14.1. The van der Waals surface area contributed by atoms with E-state index in [1.165, 1.54) is 12.0 Å². The van der Waals surface area contributed by atoms with Crippen LogP contribution < -0.4 is 11.5 Å². The lowest BCUT2D eigenvalue weighted by molar-refractivity contribution is 0.239. The van der Waals surface area contributed by atoms with Gasteiger partial charge in [-0.1, -0.05) is 30.3 Å². The molecule has 92 valence electrons. The molecule has 0 radical (unpaired) electrons. The lowest BCUT2D eigenvalue weighted by atomic mass is 9.76. The van der Waals surface area contributed by atoms with Crippen molar-refractivity contribution in [2.75, 3.05) is 0 Å².